The van der Waals surface area contributed by atoms with E-state index in [1.807, 2.05) is 18.1 Å². The molecular formula is C10H16ClN3S. The number of aromatic nitrogens is 3. The number of hydrogen-bond acceptors (Lipinski definition) is 3. The van der Waals surface area contributed by atoms with Crippen LogP contribution >= 0.6 is 23.4 Å². The van der Waals surface area contributed by atoms with Gasteiger partial charge in [0, 0.05) is 11.3 Å². The predicted molar refractivity (Wildman–Crippen MR) is 64.4 cm³/mol. The van der Waals surface area contributed by atoms with E-state index in [1.54, 1.807) is 0 Å². The molecule has 1 fully saturated rings. The molecule has 1 aliphatic carbocycles. The summed E-state index contributed by atoms with van der Waals surface area (Å²) in [4.78, 5) is 0. The summed E-state index contributed by atoms with van der Waals surface area (Å²) in [6.45, 7) is 0. The lowest BCUT2D eigenvalue weighted by Gasteiger charge is -2.28. The van der Waals surface area contributed by atoms with Crippen molar-refractivity contribution in [1.82, 2.24) is 14.8 Å². The largest absolute Gasteiger partial charge is 0.313 e. The predicted octanol–water partition coefficient (Wildman–Crippen LogP) is 2.86. The number of nitrogens with zero attached hydrogens (tertiary/aromatic N) is 3. The first-order valence-corrected chi connectivity index (χ1v) is 7.14. The fourth-order valence-electron chi connectivity index (χ4n) is 2.23. The molecule has 0 unspecified atom stereocenters. The Balaban J connectivity index is 2.01. The fraction of sp³-hybridized carbons (Fsp3) is 0.800. The Bertz CT molecular complexity index is 307. The van der Waals surface area contributed by atoms with Gasteiger partial charge >= 0.3 is 0 Å². The van der Waals surface area contributed by atoms with E-state index in [9.17, 15) is 0 Å². The van der Waals surface area contributed by atoms with Crippen LogP contribution in [0, 0.1) is 0 Å². The second-order valence-electron chi connectivity index (χ2n) is 3.95. The van der Waals surface area contributed by atoms with Crippen LogP contribution in [0.3, 0.4) is 0 Å². The monoisotopic (exact) mass is 245 g/mol. The summed E-state index contributed by atoms with van der Waals surface area (Å²) in [5.74, 6) is 1.37. The first kappa shape index (κ1) is 11.3. The van der Waals surface area contributed by atoms with E-state index in [-0.39, 0.29) is 0 Å². The molecule has 2 rings (SSSR count). The Morgan fingerprint density at radius 3 is 2.80 bits per heavy atom. The van der Waals surface area contributed by atoms with Gasteiger partial charge < -0.3 is 4.57 Å². The van der Waals surface area contributed by atoms with Gasteiger partial charge in [-0.05, 0) is 31.9 Å². The Kier molecular flexibility index (Phi) is 3.92. The number of alkyl halides is 1. The Hall–Kier alpha value is -0.220. The molecule has 1 aliphatic rings. The molecule has 0 aromatic carbocycles. The van der Waals surface area contributed by atoms with Crippen molar-refractivity contribution in [3.8, 4) is 0 Å². The second kappa shape index (κ2) is 5.21. The molecule has 3 nitrogen and oxygen atoms in total. The minimum absolute atomic E-state index is 0.461. The van der Waals surface area contributed by atoms with Crippen molar-refractivity contribution in [3.05, 3.63) is 12.2 Å². The maximum atomic E-state index is 5.82. The zero-order valence-electron chi connectivity index (χ0n) is 8.90. The number of hydrogen-bond donors (Lipinski definition) is 0. The van der Waals surface area contributed by atoms with Gasteiger partial charge in [-0.15, -0.1) is 21.8 Å². The van der Waals surface area contributed by atoms with Gasteiger partial charge in [0.05, 0.1) is 5.88 Å². The van der Waals surface area contributed by atoms with Crippen molar-refractivity contribution < 1.29 is 0 Å². The highest BCUT2D eigenvalue weighted by Crippen LogP contribution is 2.33. The van der Waals surface area contributed by atoms with Gasteiger partial charge in [-0.1, -0.05) is 0 Å². The second-order valence-corrected chi connectivity index (χ2v) is 5.36. The Morgan fingerprint density at radius 2 is 2.20 bits per heavy atom. The molecule has 1 aromatic rings. The molecule has 5 heteroatoms. The van der Waals surface area contributed by atoms with Gasteiger partial charge in [0.25, 0.3) is 0 Å². The highest BCUT2D eigenvalue weighted by Gasteiger charge is 2.23. The lowest BCUT2D eigenvalue weighted by atomic mass is 9.95. The molecule has 0 aliphatic heterocycles. The summed E-state index contributed by atoms with van der Waals surface area (Å²) >= 11 is 7.81. The summed E-state index contributed by atoms with van der Waals surface area (Å²) in [5.41, 5.74) is 0. The maximum Gasteiger partial charge on any atom is 0.148 e. The van der Waals surface area contributed by atoms with E-state index in [1.165, 1.54) is 25.7 Å². The van der Waals surface area contributed by atoms with Crippen molar-refractivity contribution >= 4 is 23.4 Å². The number of halogens is 1. The summed E-state index contributed by atoms with van der Waals surface area (Å²) in [6.07, 6.45) is 9.08. The van der Waals surface area contributed by atoms with E-state index in [0.717, 1.165) is 11.1 Å². The van der Waals surface area contributed by atoms with Crippen LogP contribution in [0.2, 0.25) is 0 Å². The van der Waals surface area contributed by atoms with Crippen LogP contribution in [0.1, 0.15) is 37.5 Å². The molecular weight excluding hydrogens is 230 g/mol. The molecule has 0 amide bonds. The maximum absolute atomic E-state index is 5.82. The van der Waals surface area contributed by atoms with Crippen molar-refractivity contribution in [2.24, 2.45) is 0 Å². The van der Waals surface area contributed by atoms with Gasteiger partial charge in [-0.25, -0.2) is 0 Å². The molecule has 0 radical (unpaired) electrons. The van der Waals surface area contributed by atoms with E-state index in [0.29, 0.717) is 11.9 Å². The lowest BCUT2D eigenvalue weighted by molar-refractivity contribution is 0.353. The normalized spacial score (nSPS) is 26.8. The van der Waals surface area contributed by atoms with Crippen molar-refractivity contribution in [3.63, 3.8) is 0 Å². The van der Waals surface area contributed by atoms with Crippen LogP contribution in [0.5, 0.6) is 0 Å². The Morgan fingerprint density at radius 1 is 1.47 bits per heavy atom. The molecule has 0 spiro atoms. The third-order valence-corrected chi connectivity index (χ3v) is 4.51. The zero-order valence-corrected chi connectivity index (χ0v) is 10.5. The van der Waals surface area contributed by atoms with Crippen molar-refractivity contribution in [2.45, 2.75) is 42.9 Å². The molecule has 0 saturated heterocycles. The van der Waals surface area contributed by atoms with Gasteiger partial charge in [0.2, 0.25) is 0 Å². The van der Waals surface area contributed by atoms with E-state index >= 15 is 0 Å². The zero-order chi connectivity index (χ0) is 10.7. The minimum Gasteiger partial charge on any atom is -0.313 e. The molecule has 84 valence electrons. The van der Waals surface area contributed by atoms with Crippen LogP contribution in [0.15, 0.2) is 6.33 Å². The molecule has 0 bridgehead atoms. The molecule has 1 saturated carbocycles. The van der Waals surface area contributed by atoms with Crippen LogP contribution in [0.4, 0.5) is 0 Å². The summed E-state index contributed by atoms with van der Waals surface area (Å²) in [7, 11) is 0. The summed E-state index contributed by atoms with van der Waals surface area (Å²) < 4.78 is 2.16. The number of rotatable bonds is 3. The van der Waals surface area contributed by atoms with Crippen LogP contribution in [-0.4, -0.2) is 26.3 Å². The molecule has 1 aromatic heterocycles. The van der Waals surface area contributed by atoms with Crippen LogP contribution in [-0.2, 0) is 5.88 Å². The third-order valence-electron chi connectivity index (χ3n) is 3.14. The Labute approximate surface area is 99.6 Å². The third kappa shape index (κ3) is 2.48. The first-order chi connectivity index (χ1) is 7.35. The van der Waals surface area contributed by atoms with E-state index < -0.39 is 0 Å². The minimum atomic E-state index is 0.461. The molecule has 1 heterocycles. The van der Waals surface area contributed by atoms with Gasteiger partial charge in [-0.3, -0.25) is 0 Å². The van der Waals surface area contributed by atoms with Gasteiger partial charge in [-0.2, -0.15) is 11.8 Å². The molecule has 0 N–H and O–H groups in total. The fourth-order valence-corrected chi connectivity index (χ4v) is 3.16. The number of thioether (sulfide) groups is 1. The topological polar surface area (TPSA) is 30.7 Å². The molecule has 0 atom stereocenters. The van der Waals surface area contributed by atoms with E-state index in [4.69, 9.17) is 11.6 Å². The quantitative estimate of drug-likeness (QED) is 0.768. The van der Waals surface area contributed by atoms with Crippen molar-refractivity contribution in [2.75, 3.05) is 6.26 Å². The highest BCUT2D eigenvalue weighted by atomic mass is 35.5. The summed E-state index contributed by atoms with van der Waals surface area (Å²) in [5, 5.41) is 8.80. The van der Waals surface area contributed by atoms with E-state index in [2.05, 4.69) is 21.0 Å². The van der Waals surface area contributed by atoms with Crippen LogP contribution in [0.25, 0.3) is 0 Å². The lowest BCUT2D eigenvalue weighted by Crippen LogP contribution is -2.20. The average Bonchev–Trinajstić information content (AvgIpc) is 2.77. The SMILES string of the molecule is CSC1CCC(n2cnnc2CCl)CC1. The van der Waals surface area contributed by atoms with Crippen molar-refractivity contribution in [1.29, 1.82) is 0 Å². The smallest absolute Gasteiger partial charge is 0.148 e. The van der Waals surface area contributed by atoms with Gasteiger partial charge in [0.1, 0.15) is 12.2 Å². The highest BCUT2D eigenvalue weighted by molar-refractivity contribution is 7.99. The molecule has 15 heavy (non-hydrogen) atoms. The van der Waals surface area contributed by atoms with Crippen LogP contribution < -0.4 is 0 Å². The van der Waals surface area contributed by atoms with Gasteiger partial charge in [0.15, 0.2) is 0 Å². The average molecular weight is 246 g/mol. The first-order valence-electron chi connectivity index (χ1n) is 5.32. The standard InChI is InChI=1S/C10H16ClN3S/c1-15-9-4-2-8(3-5-9)14-7-12-13-10(14)6-11/h7-9H,2-6H2,1H3. The summed E-state index contributed by atoms with van der Waals surface area (Å²) in [6, 6.07) is 0.567.